The third-order valence-corrected chi connectivity index (χ3v) is 5.93. The molecule has 1 fully saturated rings. The van der Waals surface area contributed by atoms with Crippen LogP contribution in [-0.4, -0.2) is 24.4 Å². The molecule has 0 aromatic heterocycles. The highest BCUT2D eigenvalue weighted by atomic mass is 16.2. The summed E-state index contributed by atoms with van der Waals surface area (Å²) in [4.78, 5) is 14.7. The standard InChI is InChI=1S/C23H45NO/c1-3-4-5-6-7-8-9-10-13-16-19-22-20-17-14-11-12-15-18-21-24(2)23(22)25/h22H,3-21H2,1-2H3. The first-order chi connectivity index (χ1) is 12.3. The lowest BCUT2D eigenvalue weighted by Gasteiger charge is -2.23. The van der Waals surface area contributed by atoms with Gasteiger partial charge in [0, 0.05) is 19.5 Å². The summed E-state index contributed by atoms with van der Waals surface area (Å²) >= 11 is 0. The predicted molar refractivity (Wildman–Crippen MR) is 110 cm³/mol. The van der Waals surface area contributed by atoms with E-state index in [0.29, 0.717) is 11.8 Å². The molecule has 1 unspecified atom stereocenters. The summed E-state index contributed by atoms with van der Waals surface area (Å²) in [5.41, 5.74) is 0. The lowest BCUT2D eigenvalue weighted by Crippen LogP contribution is -2.33. The van der Waals surface area contributed by atoms with E-state index in [9.17, 15) is 4.79 Å². The highest BCUT2D eigenvalue weighted by Gasteiger charge is 2.21. The molecule has 1 heterocycles. The van der Waals surface area contributed by atoms with E-state index in [1.807, 2.05) is 11.9 Å². The number of carbonyl (C=O) groups excluding carboxylic acids is 1. The molecule has 2 heteroatoms. The van der Waals surface area contributed by atoms with Crippen molar-refractivity contribution in [2.45, 2.75) is 122 Å². The van der Waals surface area contributed by atoms with Gasteiger partial charge in [-0.15, -0.1) is 0 Å². The van der Waals surface area contributed by atoms with Gasteiger partial charge in [-0.3, -0.25) is 4.79 Å². The van der Waals surface area contributed by atoms with Crippen molar-refractivity contribution in [1.29, 1.82) is 0 Å². The van der Waals surface area contributed by atoms with Crippen LogP contribution in [0.25, 0.3) is 0 Å². The highest BCUT2D eigenvalue weighted by Crippen LogP contribution is 2.22. The molecule has 1 aliphatic heterocycles. The van der Waals surface area contributed by atoms with Crippen LogP contribution < -0.4 is 0 Å². The van der Waals surface area contributed by atoms with E-state index < -0.39 is 0 Å². The van der Waals surface area contributed by atoms with Crippen LogP contribution in [-0.2, 0) is 4.79 Å². The first-order valence-electron chi connectivity index (χ1n) is 11.5. The second kappa shape index (κ2) is 15.7. The zero-order valence-electron chi connectivity index (χ0n) is 17.4. The van der Waals surface area contributed by atoms with Gasteiger partial charge in [-0.1, -0.05) is 103 Å². The Morgan fingerprint density at radius 2 is 1.28 bits per heavy atom. The highest BCUT2D eigenvalue weighted by molar-refractivity contribution is 5.78. The van der Waals surface area contributed by atoms with Crippen LogP contribution in [0.5, 0.6) is 0 Å². The van der Waals surface area contributed by atoms with E-state index >= 15 is 0 Å². The maximum Gasteiger partial charge on any atom is 0.225 e. The number of unbranched alkanes of at least 4 members (excludes halogenated alkanes) is 9. The van der Waals surface area contributed by atoms with Crippen LogP contribution >= 0.6 is 0 Å². The van der Waals surface area contributed by atoms with Crippen LogP contribution in [0.2, 0.25) is 0 Å². The Hall–Kier alpha value is -0.530. The van der Waals surface area contributed by atoms with Crippen LogP contribution in [0.1, 0.15) is 122 Å². The zero-order valence-corrected chi connectivity index (χ0v) is 17.4. The Balaban J connectivity index is 2.13. The number of hydrogen-bond acceptors (Lipinski definition) is 1. The third kappa shape index (κ3) is 11.7. The molecule has 0 aromatic carbocycles. The van der Waals surface area contributed by atoms with E-state index in [4.69, 9.17) is 0 Å². The van der Waals surface area contributed by atoms with Crippen molar-refractivity contribution in [3.8, 4) is 0 Å². The van der Waals surface area contributed by atoms with Crippen LogP contribution in [0.4, 0.5) is 0 Å². The van der Waals surface area contributed by atoms with Gasteiger partial charge in [-0.2, -0.15) is 0 Å². The van der Waals surface area contributed by atoms with Crippen molar-refractivity contribution >= 4 is 5.91 Å². The number of nitrogens with zero attached hydrogens (tertiary/aromatic N) is 1. The Kier molecular flexibility index (Phi) is 14.1. The van der Waals surface area contributed by atoms with Gasteiger partial charge < -0.3 is 4.90 Å². The second-order valence-electron chi connectivity index (χ2n) is 8.34. The number of hydrogen-bond donors (Lipinski definition) is 0. The minimum absolute atomic E-state index is 0.303. The van der Waals surface area contributed by atoms with E-state index in [1.54, 1.807) is 0 Å². The van der Waals surface area contributed by atoms with E-state index in [2.05, 4.69) is 6.92 Å². The summed E-state index contributed by atoms with van der Waals surface area (Å²) in [6, 6.07) is 0. The molecule has 0 N–H and O–H groups in total. The fourth-order valence-electron chi connectivity index (χ4n) is 4.14. The van der Waals surface area contributed by atoms with E-state index in [1.165, 1.54) is 103 Å². The molecule has 1 rings (SSSR count). The minimum Gasteiger partial charge on any atom is -0.346 e. The lowest BCUT2D eigenvalue weighted by molar-refractivity contribution is -0.134. The predicted octanol–water partition coefficient (Wildman–Crippen LogP) is 7.12. The number of carbonyl (C=O) groups is 1. The minimum atomic E-state index is 0.303. The maximum absolute atomic E-state index is 12.7. The molecule has 1 amide bonds. The lowest BCUT2D eigenvalue weighted by atomic mass is 9.93. The Morgan fingerprint density at radius 3 is 1.92 bits per heavy atom. The number of rotatable bonds is 11. The molecule has 0 radical (unpaired) electrons. The summed E-state index contributed by atoms with van der Waals surface area (Å²) in [6.45, 7) is 3.25. The molecular weight excluding hydrogens is 306 g/mol. The van der Waals surface area contributed by atoms with Crippen molar-refractivity contribution in [1.82, 2.24) is 4.90 Å². The molecule has 1 saturated heterocycles. The average Bonchev–Trinajstić information content (AvgIpc) is 2.65. The smallest absolute Gasteiger partial charge is 0.225 e. The topological polar surface area (TPSA) is 20.3 Å². The van der Waals surface area contributed by atoms with Gasteiger partial charge in [0.05, 0.1) is 0 Å². The Morgan fingerprint density at radius 1 is 0.760 bits per heavy atom. The molecule has 0 saturated carbocycles. The fourth-order valence-corrected chi connectivity index (χ4v) is 4.14. The summed E-state index contributed by atoms with van der Waals surface area (Å²) in [6.07, 6.45) is 23.8. The molecule has 0 bridgehead atoms. The van der Waals surface area contributed by atoms with Gasteiger partial charge >= 0.3 is 0 Å². The zero-order chi connectivity index (χ0) is 18.2. The van der Waals surface area contributed by atoms with Crippen molar-refractivity contribution in [3.63, 3.8) is 0 Å². The molecule has 148 valence electrons. The van der Waals surface area contributed by atoms with Gasteiger partial charge in [-0.25, -0.2) is 0 Å². The van der Waals surface area contributed by atoms with Crippen molar-refractivity contribution in [3.05, 3.63) is 0 Å². The molecule has 1 aliphatic rings. The van der Waals surface area contributed by atoms with E-state index in [-0.39, 0.29) is 0 Å². The van der Waals surface area contributed by atoms with Crippen LogP contribution in [0.3, 0.4) is 0 Å². The molecule has 0 aromatic rings. The molecule has 0 spiro atoms. The third-order valence-electron chi connectivity index (χ3n) is 5.93. The Labute approximate surface area is 158 Å². The Bertz CT molecular complexity index is 315. The summed E-state index contributed by atoms with van der Waals surface area (Å²) < 4.78 is 0. The van der Waals surface area contributed by atoms with Crippen LogP contribution in [0, 0.1) is 5.92 Å². The molecule has 1 atom stereocenters. The average molecular weight is 352 g/mol. The largest absolute Gasteiger partial charge is 0.346 e. The quantitative estimate of drug-likeness (QED) is 0.363. The van der Waals surface area contributed by atoms with Crippen molar-refractivity contribution in [2.75, 3.05) is 13.6 Å². The van der Waals surface area contributed by atoms with Crippen molar-refractivity contribution in [2.24, 2.45) is 5.92 Å². The normalized spacial score (nSPS) is 20.5. The second-order valence-corrected chi connectivity index (χ2v) is 8.34. The van der Waals surface area contributed by atoms with Gasteiger partial charge in [0.2, 0.25) is 5.91 Å². The molecule has 2 nitrogen and oxygen atoms in total. The SMILES string of the molecule is CCCCCCCCCCCCC1CCCCCCCCN(C)C1=O. The first-order valence-corrected chi connectivity index (χ1v) is 11.5. The first kappa shape index (κ1) is 22.5. The van der Waals surface area contributed by atoms with Crippen LogP contribution in [0.15, 0.2) is 0 Å². The monoisotopic (exact) mass is 351 g/mol. The van der Waals surface area contributed by atoms with Crippen molar-refractivity contribution < 1.29 is 4.79 Å². The molecule has 0 aliphatic carbocycles. The summed E-state index contributed by atoms with van der Waals surface area (Å²) in [5.74, 6) is 0.731. The summed E-state index contributed by atoms with van der Waals surface area (Å²) in [5, 5.41) is 0. The fraction of sp³-hybridized carbons (Fsp3) is 0.957. The van der Waals surface area contributed by atoms with Gasteiger partial charge in [0.25, 0.3) is 0 Å². The molecule has 25 heavy (non-hydrogen) atoms. The summed E-state index contributed by atoms with van der Waals surface area (Å²) in [7, 11) is 2.02. The van der Waals surface area contributed by atoms with Gasteiger partial charge in [0.1, 0.15) is 0 Å². The van der Waals surface area contributed by atoms with Gasteiger partial charge in [-0.05, 0) is 19.3 Å². The van der Waals surface area contributed by atoms with Gasteiger partial charge in [0.15, 0.2) is 0 Å². The van der Waals surface area contributed by atoms with E-state index in [0.717, 1.165) is 19.4 Å². The maximum atomic E-state index is 12.7. The molecular formula is C23H45NO. The number of amides is 1.